The highest BCUT2D eigenvalue weighted by molar-refractivity contribution is 6.05. The van der Waals surface area contributed by atoms with Crippen LogP contribution in [0.3, 0.4) is 0 Å². The lowest BCUT2D eigenvalue weighted by atomic mass is 10.0. The van der Waals surface area contributed by atoms with Gasteiger partial charge >= 0.3 is 0 Å². The maximum atomic E-state index is 14.5. The molecule has 1 aliphatic rings. The summed E-state index contributed by atoms with van der Waals surface area (Å²) in [4.78, 5) is 28.9. The lowest BCUT2D eigenvalue weighted by Gasteiger charge is -2.25. The minimum Gasteiger partial charge on any atom is -0.381 e. The third kappa shape index (κ3) is 3.97. The topological polar surface area (TPSA) is 76.1 Å². The number of pyridine rings is 1. The van der Waals surface area contributed by atoms with Gasteiger partial charge < -0.3 is 19.6 Å². The number of H-pyrrole nitrogens is 1. The number of rotatable bonds is 5. The van der Waals surface area contributed by atoms with Gasteiger partial charge in [-0.2, -0.15) is 0 Å². The van der Waals surface area contributed by atoms with Crippen LogP contribution in [0.1, 0.15) is 59.8 Å². The summed E-state index contributed by atoms with van der Waals surface area (Å²) in [5, 5.41) is 3.04. The molecule has 2 aromatic heterocycles. The van der Waals surface area contributed by atoms with Gasteiger partial charge in [0.05, 0.1) is 28.1 Å². The molecule has 9 heteroatoms. The summed E-state index contributed by atoms with van der Waals surface area (Å²) in [6, 6.07) is 4.37. The molecular formula is C22H22F3N3O3. The summed E-state index contributed by atoms with van der Waals surface area (Å²) in [7, 11) is 0. The van der Waals surface area contributed by atoms with E-state index in [1.807, 2.05) is 0 Å². The fourth-order valence-corrected chi connectivity index (χ4v) is 4.00. The van der Waals surface area contributed by atoms with Crippen LogP contribution in [-0.2, 0) is 4.74 Å². The Kier molecular flexibility index (Phi) is 5.86. The van der Waals surface area contributed by atoms with Crippen molar-refractivity contribution < 1.29 is 22.7 Å². The average molecular weight is 433 g/mol. The summed E-state index contributed by atoms with van der Waals surface area (Å²) >= 11 is 0. The van der Waals surface area contributed by atoms with Gasteiger partial charge in [0.25, 0.3) is 17.9 Å². The van der Waals surface area contributed by atoms with Gasteiger partial charge in [0.2, 0.25) is 0 Å². The molecule has 1 fully saturated rings. The third-order valence-corrected chi connectivity index (χ3v) is 5.69. The number of halogens is 3. The molecule has 0 radical (unpaired) electrons. The van der Waals surface area contributed by atoms with Crippen molar-refractivity contribution in [2.24, 2.45) is 0 Å². The molecule has 1 saturated heterocycles. The first-order valence-corrected chi connectivity index (χ1v) is 10.1. The molecule has 4 rings (SSSR count). The SMILES string of the molecule is CC(NC(=O)c1cn(C2CCOCC2)c(=O)c2cc[nH]c12)c1cccc(C(F)F)c1F. The minimum absolute atomic E-state index is 0.0355. The van der Waals surface area contributed by atoms with Gasteiger partial charge in [0.1, 0.15) is 5.82 Å². The largest absolute Gasteiger partial charge is 0.381 e. The quantitative estimate of drug-likeness (QED) is 0.632. The van der Waals surface area contributed by atoms with Crippen LogP contribution in [0.5, 0.6) is 0 Å². The summed E-state index contributed by atoms with van der Waals surface area (Å²) in [5.41, 5.74) is -0.350. The van der Waals surface area contributed by atoms with Crippen molar-refractivity contribution in [2.75, 3.05) is 13.2 Å². The Morgan fingerprint density at radius 3 is 2.65 bits per heavy atom. The van der Waals surface area contributed by atoms with Crippen LogP contribution in [0.4, 0.5) is 13.2 Å². The van der Waals surface area contributed by atoms with Crippen molar-refractivity contribution in [3.05, 3.63) is 69.5 Å². The van der Waals surface area contributed by atoms with Crippen molar-refractivity contribution in [1.82, 2.24) is 14.9 Å². The van der Waals surface area contributed by atoms with Gasteiger partial charge in [0.15, 0.2) is 0 Å². The third-order valence-electron chi connectivity index (χ3n) is 5.69. The second kappa shape index (κ2) is 8.58. The highest BCUT2D eigenvalue weighted by atomic mass is 19.3. The highest BCUT2D eigenvalue weighted by Gasteiger charge is 2.24. The molecule has 1 aliphatic heterocycles. The Morgan fingerprint density at radius 1 is 1.23 bits per heavy atom. The molecule has 0 aliphatic carbocycles. The first-order valence-electron chi connectivity index (χ1n) is 10.1. The molecule has 6 nitrogen and oxygen atoms in total. The summed E-state index contributed by atoms with van der Waals surface area (Å²) in [6.07, 6.45) is 1.43. The summed E-state index contributed by atoms with van der Waals surface area (Å²) in [5.74, 6) is -1.58. The van der Waals surface area contributed by atoms with Crippen molar-refractivity contribution in [2.45, 2.75) is 38.3 Å². The zero-order valence-corrected chi connectivity index (χ0v) is 16.8. The van der Waals surface area contributed by atoms with Crippen LogP contribution in [0.15, 0.2) is 41.5 Å². The number of nitrogens with one attached hydrogen (secondary N) is 2. The van der Waals surface area contributed by atoms with E-state index in [2.05, 4.69) is 10.3 Å². The van der Waals surface area contributed by atoms with Crippen LogP contribution in [-0.4, -0.2) is 28.7 Å². The van der Waals surface area contributed by atoms with Crippen LogP contribution >= 0.6 is 0 Å². The maximum Gasteiger partial charge on any atom is 0.266 e. The molecule has 164 valence electrons. The Hall–Kier alpha value is -3.07. The number of aromatic nitrogens is 2. The minimum atomic E-state index is -2.95. The van der Waals surface area contributed by atoms with E-state index in [0.717, 1.165) is 6.07 Å². The van der Waals surface area contributed by atoms with E-state index in [1.165, 1.54) is 25.3 Å². The number of fused-ring (bicyclic) bond motifs is 1. The Balaban J connectivity index is 1.68. The van der Waals surface area contributed by atoms with E-state index >= 15 is 0 Å². The van der Waals surface area contributed by atoms with Gasteiger partial charge in [-0.1, -0.05) is 18.2 Å². The van der Waals surface area contributed by atoms with Crippen LogP contribution in [0.25, 0.3) is 10.9 Å². The molecule has 1 unspecified atom stereocenters. The number of carbonyl (C=O) groups is 1. The van der Waals surface area contributed by atoms with Crippen molar-refractivity contribution in [3.8, 4) is 0 Å². The summed E-state index contributed by atoms with van der Waals surface area (Å²) < 4.78 is 47.5. The fraction of sp³-hybridized carbons (Fsp3) is 0.364. The molecule has 3 aromatic rings. The van der Waals surface area contributed by atoms with E-state index in [0.29, 0.717) is 37.0 Å². The second-order valence-electron chi connectivity index (χ2n) is 7.61. The first kappa shape index (κ1) is 21.2. The number of ether oxygens (including phenoxy) is 1. The van der Waals surface area contributed by atoms with E-state index in [1.54, 1.807) is 16.8 Å². The van der Waals surface area contributed by atoms with E-state index in [4.69, 9.17) is 4.74 Å². The van der Waals surface area contributed by atoms with Gasteiger partial charge in [-0.05, 0) is 25.8 Å². The predicted molar refractivity (Wildman–Crippen MR) is 109 cm³/mol. The van der Waals surface area contributed by atoms with E-state index < -0.39 is 29.8 Å². The predicted octanol–water partition coefficient (Wildman–Crippen LogP) is 4.25. The number of benzene rings is 1. The molecule has 1 atom stereocenters. The molecular weight excluding hydrogens is 411 g/mol. The second-order valence-corrected chi connectivity index (χ2v) is 7.61. The summed E-state index contributed by atoms with van der Waals surface area (Å²) in [6.45, 7) is 2.58. The average Bonchev–Trinajstić information content (AvgIpc) is 3.25. The molecule has 0 bridgehead atoms. The number of amides is 1. The molecule has 31 heavy (non-hydrogen) atoms. The Labute approximate surface area is 176 Å². The van der Waals surface area contributed by atoms with Crippen molar-refractivity contribution in [1.29, 1.82) is 0 Å². The van der Waals surface area contributed by atoms with Crippen LogP contribution in [0, 0.1) is 5.82 Å². The normalized spacial score (nSPS) is 16.0. The van der Waals surface area contributed by atoms with Crippen molar-refractivity contribution >= 4 is 16.8 Å². The van der Waals surface area contributed by atoms with Crippen molar-refractivity contribution in [3.63, 3.8) is 0 Å². The smallest absolute Gasteiger partial charge is 0.266 e. The Bertz CT molecular complexity index is 1170. The van der Waals surface area contributed by atoms with Crippen LogP contribution in [0.2, 0.25) is 0 Å². The monoisotopic (exact) mass is 433 g/mol. The number of hydrogen-bond donors (Lipinski definition) is 2. The zero-order chi connectivity index (χ0) is 22.1. The highest BCUT2D eigenvalue weighted by Crippen LogP contribution is 2.28. The molecule has 1 aromatic carbocycles. The number of alkyl halides is 2. The van der Waals surface area contributed by atoms with E-state index in [9.17, 15) is 22.8 Å². The number of carbonyl (C=O) groups excluding carboxylic acids is 1. The lowest BCUT2D eigenvalue weighted by Crippen LogP contribution is -2.32. The first-order chi connectivity index (χ1) is 14.9. The molecule has 1 amide bonds. The lowest BCUT2D eigenvalue weighted by molar-refractivity contribution is 0.0687. The number of hydrogen-bond acceptors (Lipinski definition) is 3. The number of aromatic amines is 1. The molecule has 3 heterocycles. The standard InChI is InChI=1S/C22H22F3N3O3/c1-12(14-3-2-4-15(18(14)23)20(24)25)27-21(29)17-11-28(13-6-9-31-10-7-13)22(30)16-5-8-26-19(16)17/h2-5,8,11-13,20,26H,6-7,9-10H2,1H3,(H,27,29). The fourth-order valence-electron chi connectivity index (χ4n) is 4.00. The zero-order valence-electron chi connectivity index (χ0n) is 16.8. The van der Waals surface area contributed by atoms with Gasteiger partial charge in [0, 0.05) is 37.2 Å². The van der Waals surface area contributed by atoms with Gasteiger partial charge in [-0.15, -0.1) is 0 Å². The molecule has 0 spiro atoms. The van der Waals surface area contributed by atoms with Gasteiger partial charge in [-0.3, -0.25) is 9.59 Å². The number of nitrogens with zero attached hydrogens (tertiary/aromatic N) is 1. The molecule has 0 saturated carbocycles. The van der Waals surface area contributed by atoms with Gasteiger partial charge in [-0.25, -0.2) is 13.2 Å². The van der Waals surface area contributed by atoms with Crippen LogP contribution < -0.4 is 10.9 Å². The maximum absolute atomic E-state index is 14.5. The van der Waals surface area contributed by atoms with E-state index in [-0.39, 0.29) is 22.7 Å². The molecule has 2 N–H and O–H groups in total. The Morgan fingerprint density at radius 2 is 1.94 bits per heavy atom.